The van der Waals surface area contributed by atoms with E-state index >= 15 is 0 Å². The van der Waals surface area contributed by atoms with Gasteiger partial charge in [-0.25, -0.2) is 4.79 Å². The summed E-state index contributed by atoms with van der Waals surface area (Å²) in [7, 11) is 3.13. The summed E-state index contributed by atoms with van der Waals surface area (Å²) in [5.41, 5.74) is 0.977. The Morgan fingerprint density at radius 1 is 1.24 bits per heavy atom. The number of methoxy groups -OCH3 is 2. The molecule has 0 aliphatic rings. The highest BCUT2D eigenvalue weighted by molar-refractivity contribution is 6.31. The van der Waals surface area contributed by atoms with E-state index in [1.807, 2.05) is 12.1 Å². The summed E-state index contributed by atoms with van der Waals surface area (Å²) in [6.07, 6.45) is 0.596. The third-order valence-corrected chi connectivity index (χ3v) is 2.94. The molecule has 0 bridgehead atoms. The molecule has 0 aromatic heterocycles. The molecular weight excluding hydrogens is 296 g/mol. The first-order valence-corrected chi connectivity index (χ1v) is 6.85. The largest absolute Gasteiger partial charge is 0.493 e. The van der Waals surface area contributed by atoms with Crippen molar-refractivity contribution in [3.8, 4) is 11.5 Å². The van der Waals surface area contributed by atoms with Crippen LogP contribution in [0.1, 0.15) is 12.5 Å². The maximum absolute atomic E-state index is 11.4. The molecular formula is C14H19ClN2O4. The molecule has 1 rings (SSSR count). The van der Waals surface area contributed by atoms with Crippen molar-refractivity contribution < 1.29 is 19.1 Å². The lowest BCUT2D eigenvalue weighted by Crippen LogP contribution is -2.42. The SMILES string of the molecule is COc1ccc(CCNC(=O)NC(=O)C(C)Cl)cc1OC. The van der Waals surface area contributed by atoms with Crippen LogP contribution >= 0.6 is 11.6 Å². The van der Waals surface area contributed by atoms with Crippen molar-refractivity contribution in [3.05, 3.63) is 23.8 Å². The fourth-order valence-electron chi connectivity index (χ4n) is 1.61. The molecule has 1 unspecified atom stereocenters. The Kier molecular flexibility index (Phi) is 6.81. The highest BCUT2D eigenvalue weighted by atomic mass is 35.5. The fourth-order valence-corrected chi connectivity index (χ4v) is 1.67. The van der Waals surface area contributed by atoms with Crippen LogP contribution in [-0.4, -0.2) is 38.1 Å². The maximum atomic E-state index is 11.4. The molecule has 0 radical (unpaired) electrons. The van der Waals surface area contributed by atoms with Crippen molar-refractivity contribution in [1.29, 1.82) is 0 Å². The summed E-state index contributed by atoms with van der Waals surface area (Å²) in [6.45, 7) is 1.87. The molecule has 7 heteroatoms. The molecule has 0 saturated heterocycles. The van der Waals surface area contributed by atoms with Crippen molar-refractivity contribution in [2.75, 3.05) is 20.8 Å². The molecule has 2 N–H and O–H groups in total. The number of carbonyl (C=O) groups is 2. The van der Waals surface area contributed by atoms with E-state index in [4.69, 9.17) is 21.1 Å². The lowest BCUT2D eigenvalue weighted by Gasteiger charge is -2.10. The van der Waals surface area contributed by atoms with Gasteiger partial charge < -0.3 is 14.8 Å². The first-order chi connectivity index (χ1) is 9.97. The number of alkyl halides is 1. The van der Waals surface area contributed by atoms with E-state index in [-0.39, 0.29) is 0 Å². The van der Waals surface area contributed by atoms with Gasteiger partial charge in [-0.15, -0.1) is 11.6 Å². The van der Waals surface area contributed by atoms with Gasteiger partial charge in [0.2, 0.25) is 5.91 Å². The van der Waals surface area contributed by atoms with E-state index in [2.05, 4.69) is 10.6 Å². The number of nitrogens with one attached hydrogen (secondary N) is 2. The number of imide groups is 1. The molecule has 0 heterocycles. The van der Waals surface area contributed by atoms with Gasteiger partial charge in [0.15, 0.2) is 11.5 Å². The van der Waals surface area contributed by atoms with Crippen LogP contribution in [0.3, 0.4) is 0 Å². The summed E-state index contributed by atoms with van der Waals surface area (Å²) in [5, 5.41) is 3.97. The quantitative estimate of drug-likeness (QED) is 0.784. The van der Waals surface area contributed by atoms with Crippen molar-refractivity contribution in [2.45, 2.75) is 18.7 Å². The molecule has 0 saturated carbocycles. The second-order valence-electron chi connectivity index (χ2n) is 4.30. The van der Waals surface area contributed by atoms with Gasteiger partial charge in [-0.3, -0.25) is 10.1 Å². The highest BCUT2D eigenvalue weighted by Gasteiger charge is 2.12. The zero-order chi connectivity index (χ0) is 15.8. The molecule has 3 amide bonds. The fraction of sp³-hybridized carbons (Fsp3) is 0.429. The van der Waals surface area contributed by atoms with Gasteiger partial charge in [0.1, 0.15) is 5.38 Å². The monoisotopic (exact) mass is 314 g/mol. The Morgan fingerprint density at radius 2 is 1.90 bits per heavy atom. The van der Waals surface area contributed by atoms with Crippen LogP contribution in [0.5, 0.6) is 11.5 Å². The van der Waals surface area contributed by atoms with Crippen LogP contribution in [0.25, 0.3) is 0 Å². The lowest BCUT2D eigenvalue weighted by atomic mass is 10.1. The second kappa shape index (κ2) is 8.36. The molecule has 6 nitrogen and oxygen atoms in total. The topological polar surface area (TPSA) is 76.7 Å². The van der Waals surface area contributed by atoms with Crippen LogP contribution in [0.15, 0.2) is 18.2 Å². The molecule has 1 aromatic carbocycles. The normalized spacial score (nSPS) is 11.4. The van der Waals surface area contributed by atoms with Gasteiger partial charge in [0.05, 0.1) is 14.2 Å². The molecule has 21 heavy (non-hydrogen) atoms. The Balaban J connectivity index is 2.45. The number of urea groups is 1. The van der Waals surface area contributed by atoms with Crippen molar-refractivity contribution in [1.82, 2.24) is 10.6 Å². The van der Waals surface area contributed by atoms with Crippen molar-refractivity contribution in [3.63, 3.8) is 0 Å². The second-order valence-corrected chi connectivity index (χ2v) is 4.96. The predicted octanol–water partition coefficient (Wildman–Crippen LogP) is 1.70. The predicted molar refractivity (Wildman–Crippen MR) is 80.1 cm³/mol. The van der Waals surface area contributed by atoms with Crippen LogP contribution < -0.4 is 20.1 Å². The molecule has 1 aromatic rings. The summed E-state index contributed by atoms with van der Waals surface area (Å²) in [5.74, 6) is 0.750. The van der Waals surface area contributed by atoms with E-state index in [1.54, 1.807) is 20.3 Å². The average Bonchev–Trinajstić information content (AvgIpc) is 2.46. The Hall–Kier alpha value is -1.95. The first-order valence-electron chi connectivity index (χ1n) is 6.41. The average molecular weight is 315 g/mol. The van der Waals surface area contributed by atoms with Crippen molar-refractivity contribution >= 4 is 23.5 Å². The third-order valence-electron chi connectivity index (χ3n) is 2.75. The summed E-state index contributed by atoms with van der Waals surface area (Å²) >= 11 is 5.55. The van der Waals surface area contributed by atoms with Gasteiger partial charge in [0, 0.05) is 6.54 Å². The number of benzene rings is 1. The highest BCUT2D eigenvalue weighted by Crippen LogP contribution is 2.27. The molecule has 1 atom stereocenters. The number of ether oxygens (including phenoxy) is 2. The smallest absolute Gasteiger partial charge is 0.321 e. The Morgan fingerprint density at radius 3 is 2.48 bits per heavy atom. The zero-order valence-corrected chi connectivity index (χ0v) is 13.0. The van der Waals surface area contributed by atoms with Crippen LogP contribution in [0.4, 0.5) is 4.79 Å². The molecule has 0 aliphatic carbocycles. The molecule has 116 valence electrons. The third kappa shape index (κ3) is 5.51. The summed E-state index contributed by atoms with van der Waals surface area (Å²) < 4.78 is 10.3. The number of rotatable bonds is 6. The minimum absolute atomic E-state index is 0.380. The Bertz CT molecular complexity index is 506. The molecule has 0 fully saturated rings. The molecule has 0 spiro atoms. The van der Waals surface area contributed by atoms with E-state index in [9.17, 15) is 9.59 Å². The van der Waals surface area contributed by atoms with Crippen molar-refractivity contribution in [2.24, 2.45) is 0 Å². The van der Waals surface area contributed by atoms with Gasteiger partial charge >= 0.3 is 6.03 Å². The number of halogens is 1. The van der Waals surface area contributed by atoms with E-state index in [0.29, 0.717) is 24.5 Å². The minimum Gasteiger partial charge on any atom is -0.493 e. The standard InChI is InChI=1S/C14H19ClN2O4/c1-9(15)13(18)17-14(19)16-7-6-10-4-5-11(20-2)12(8-10)21-3/h4-5,8-9H,6-7H2,1-3H3,(H2,16,17,18,19). The Labute approximate surface area is 128 Å². The first kappa shape index (κ1) is 17.1. The minimum atomic E-state index is -0.749. The van der Waals surface area contributed by atoms with Crippen LogP contribution in [0, 0.1) is 0 Å². The summed E-state index contributed by atoms with van der Waals surface area (Å²) in [6, 6.07) is 4.96. The van der Waals surface area contributed by atoms with E-state index < -0.39 is 17.3 Å². The van der Waals surface area contributed by atoms with Crippen LogP contribution in [-0.2, 0) is 11.2 Å². The van der Waals surface area contributed by atoms with E-state index in [0.717, 1.165) is 5.56 Å². The number of hydrogen-bond acceptors (Lipinski definition) is 4. The maximum Gasteiger partial charge on any atom is 0.321 e. The number of hydrogen-bond donors (Lipinski definition) is 2. The number of amides is 3. The van der Waals surface area contributed by atoms with Gasteiger partial charge in [-0.2, -0.15) is 0 Å². The molecule has 0 aliphatic heterocycles. The van der Waals surface area contributed by atoms with E-state index in [1.165, 1.54) is 6.92 Å². The number of carbonyl (C=O) groups excluding carboxylic acids is 2. The van der Waals surface area contributed by atoms with Gasteiger partial charge in [-0.05, 0) is 31.0 Å². The van der Waals surface area contributed by atoms with Gasteiger partial charge in [-0.1, -0.05) is 6.07 Å². The zero-order valence-electron chi connectivity index (χ0n) is 12.2. The van der Waals surface area contributed by atoms with Gasteiger partial charge in [0.25, 0.3) is 0 Å². The lowest BCUT2D eigenvalue weighted by molar-refractivity contribution is -0.119. The summed E-state index contributed by atoms with van der Waals surface area (Å²) in [4.78, 5) is 22.6. The van der Waals surface area contributed by atoms with Crippen LogP contribution in [0.2, 0.25) is 0 Å².